The van der Waals surface area contributed by atoms with Gasteiger partial charge in [-0.15, -0.1) is 0 Å². The van der Waals surface area contributed by atoms with Crippen LogP contribution in [0.1, 0.15) is 10.6 Å². The van der Waals surface area contributed by atoms with Crippen LogP contribution in [-0.2, 0) is 10.0 Å². The highest BCUT2D eigenvalue weighted by Gasteiger charge is 2.28. The fourth-order valence-corrected chi connectivity index (χ4v) is 2.84. The number of nitrogens with one attached hydrogen (secondary N) is 1. The van der Waals surface area contributed by atoms with Crippen LogP contribution in [-0.4, -0.2) is 34.5 Å². The summed E-state index contributed by atoms with van der Waals surface area (Å²) in [6, 6.07) is 9.76. The first-order valence-corrected chi connectivity index (χ1v) is 8.08. The number of furan rings is 1. The summed E-state index contributed by atoms with van der Waals surface area (Å²) in [6.07, 6.45) is 0. The van der Waals surface area contributed by atoms with Gasteiger partial charge in [0.25, 0.3) is 15.9 Å². The quantitative estimate of drug-likeness (QED) is 0.918. The van der Waals surface area contributed by atoms with Crippen LogP contribution in [0.25, 0.3) is 0 Å². The fraction of sp³-hybridized carbons (Fsp3) is 0.214. The number of rotatable bonds is 3. The van der Waals surface area contributed by atoms with E-state index in [4.69, 9.17) is 9.15 Å². The topological polar surface area (TPSA) is 88.9 Å². The van der Waals surface area contributed by atoms with Gasteiger partial charge < -0.3 is 9.15 Å². The predicted molar refractivity (Wildman–Crippen MR) is 78.6 cm³/mol. The van der Waals surface area contributed by atoms with E-state index in [0.29, 0.717) is 24.6 Å². The predicted octanol–water partition coefficient (Wildman–Crippen LogP) is 1.23. The van der Waals surface area contributed by atoms with Gasteiger partial charge in [0, 0.05) is 0 Å². The first kappa shape index (κ1) is 14.6. The Balaban J connectivity index is 1.93. The summed E-state index contributed by atoms with van der Waals surface area (Å²) in [4.78, 5) is 14.1. The molecule has 0 spiro atoms. The van der Waals surface area contributed by atoms with Crippen LogP contribution in [0.2, 0.25) is 0 Å². The number of hydrogen-bond acceptors (Lipinski definition) is 5. The lowest BCUT2D eigenvalue weighted by molar-refractivity contribution is 0.0944. The lowest BCUT2D eigenvalue weighted by Crippen LogP contribution is -2.37. The van der Waals surface area contributed by atoms with Crippen molar-refractivity contribution in [3.05, 3.63) is 42.2 Å². The van der Waals surface area contributed by atoms with Gasteiger partial charge in [-0.2, -0.15) is 0 Å². The minimum absolute atomic E-state index is 0.0365. The van der Waals surface area contributed by atoms with Crippen molar-refractivity contribution in [1.82, 2.24) is 4.72 Å². The molecule has 0 unspecified atom stereocenters. The Hall–Kier alpha value is -2.32. The van der Waals surface area contributed by atoms with E-state index >= 15 is 0 Å². The van der Waals surface area contributed by atoms with Gasteiger partial charge in [0.2, 0.25) is 5.09 Å². The van der Waals surface area contributed by atoms with E-state index in [2.05, 4.69) is 4.72 Å². The molecule has 1 aliphatic heterocycles. The fourth-order valence-electron chi connectivity index (χ4n) is 2.19. The van der Waals surface area contributed by atoms with Crippen molar-refractivity contribution in [3.63, 3.8) is 0 Å². The SMILES string of the molecule is CNS(=O)(=O)c1ccc(C(=O)N2CCOc3ccccc32)o1. The molecule has 2 aromatic rings. The number of carbonyl (C=O) groups is 1. The van der Waals surface area contributed by atoms with Crippen LogP contribution in [0.3, 0.4) is 0 Å². The van der Waals surface area contributed by atoms with Crippen LogP contribution in [0.4, 0.5) is 5.69 Å². The molecule has 1 aromatic carbocycles. The van der Waals surface area contributed by atoms with E-state index < -0.39 is 15.9 Å². The zero-order chi connectivity index (χ0) is 15.7. The van der Waals surface area contributed by atoms with E-state index in [0.717, 1.165) is 0 Å². The molecule has 0 radical (unpaired) electrons. The molecule has 0 saturated heterocycles. The number of fused-ring (bicyclic) bond motifs is 1. The van der Waals surface area contributed by atoms with Crippen LogP contribution < -0.4 is 14.4 Å². The molecule has 8 heteroatoms. The largest absolute Gasteiger partial charge is 0.490 e. The smallest absolute Gasteiger partial charge is 0.294 e. The molecule has 0 saturated carbocycles. The third-order valence-electron chi connectivity index (χ3n) is 3.30. The van der Waals surface area contributed by atoms with Gasteiger partial charge in [-0.3, -0.25) is 9.69 Å². The highest BCUT2D eigenvalue weighted by atomic mass is 32.2. The van der Waals surface area contributed by atoms with Crippen LogP contribution in [0.5, 0.6) is 5.75 Å². The molecule has 1 aromatic heterocycles. The average molecular weight is 322 g/mol. The number of nitrogens with zero attached hydrogens (tertiary/aromatic N) is 1. The Kier molecular flexibility index (Phi) is 3.63. The molecule has 116 valence electrons. The molecule has 2 heterocycles. The summed E-state index contributed by atoms with van der Waals surface area (Å²) < 4.78 is 36.1. The Labute approximate surface area is 127 Å². The second kappa shape index (κ2) is 5.47. The second-order valence-electron chi connectivity index (χ2n) is 4.60. The highest BCUT2D eigenvalue weighted by molar-refractivity contribution is 7.89. The van der Waals surface area contributed by atoms with E-state index in [9.17, 15) is 13.2 Å². The molecule has 0 bridgehead atoms. The molecule has 1 N–H and O–H groups in total. The van der Waals surface area contributed by atoms with Crippen molar-refractivity contribution in [2.45, 2.75) is 5.09 Å². The molecular formula is C14H14N2O5S. The third-order valence-corrected chi connectivity index (χ3v) is 4.59. The normalized spacial score (nSPS) is 14.3. The number of hydrogen-bond donors (Lipinski definition) is 1. The lowest BCUT2D eigenvalue weighted by atomic mass is 10.2. The van der Waals surface area contributed by atoms with Crippen molar-refractivity contribution < 1.29 is 22.4 Å². The van der Waals surface area contributed by atoms with Crippen molar-refractivity contribution in [3.8, 4) is 5.75 Å². The van der Waals surface area contributed by atoms with Crippen molar-refractivity contribution in [2.24, 2.45) is 0 Å². The summed E-state index contributed by atoms with van der Waals surface area (Å²) in [5.41, 5.74) is 0.633. The first-order valence-electron chi connectivity index (χ1n) is 6.60. The average Bonchev–Trinajstić information content (AvgIpc) is 3.04. The van der Waals surface area contributed by atoms with Crippen molar-refractivity contribution in [1.29, 1.82) is 0 Å². The number of sulfonamides is 1. The molecule has 1 amide bonds. The van der Waals surface area contributed by atoms with Gasteiger partial charge >= 0.3 is 0 Å². The van der Waals surface area contributed by atoms with E-state index in [-0.39, 0.29) is 10.9 Å². The van der Waals surface area contributed by atoms with E-state index in [1.54, 1.807) is 18.2 Å². The molecule has 0 fully saturated rings. The standard InChI is InChI=1S/C14H14N2O5S/c1-15-22(18,19)13-7-6-12(21-13)14(17)16-8-9-20-11-5-3-2-4-10(11)16/h2-7,15H,8-9H2,1H3. The second-order valence-corrected chi connectivity index (χ2v) is 6.42. The monoisotopic (exact) mass is 322 g/mol. The van der Waals surface area contributed by atoms with Crippen molar-refractivity contribution in [2.75, 3.05) is 25.1 Å². The summed E-state index contributed by atoms with van der Waals surface area (Å²) >= 11 is 0. The van der Waals surface area contributed by atoms with E-state index in [1.807, 2.05) is 6.07 Å². The molecule has 7 nitrogen and oxygen atoms in total. The van der Waals surface area contributed by atoms with E-state index in [1.165, 1.54) is 24.1 Å². The third kappa shape index (κ3) is 2.46. The maximum Gasteiger partial charge on any atom is 0.294 e. The minimum Gasteiger partial charge on any atom is -0.490 e. The minimum atomic E-state index is -3.71. The number of amides is 1. The zero-order valence-electron chi connectivity index (χ0n) is 11.8. The van der Waals surface area contributed by atoms with Gasteiger partial charge in [0.05, 0.1) is 12.2 Å². The number of ether oxygens (including phenoxy) is 1. The zero-order valence-corrected chi connectivity index (χ0v) is 12.6. The Morgan fingerprint density at radius 2 is 2.00 bits per heavy atom. The molecule has 3 rings (SSSR count). The maximum atomic E-state index is 12.6. The number of benzene rings is 1. The molecular weight excluding hydrogens is 308 g/mol. The van der Waals surface area contributed by atoms with Crippen LogP contribution >= 0.6 is 0 Å². The molecule has 0 atom stereocenters. The highest BCUT2D eigenvalue weighted by Crippen LogP contribution is 2.32. The summed E-state index contributed by atoms with van der Waals surface area (Å²) in [5, 5.41) is -0.292. The van der Waals surface area contributed by atoms with Gasteiger partial charge in [0.15, 0.2) is 5.76 Å². The Morgan fingerprint density at radius 3 is 2.77 bits per heavy atom. The summed E-state index contributed by atoms with van der Waals surface area (Å²) in [5.74, 6) is 0.163. The van der Waals surface area contributed by atoms with Gasteiger partial charge in [-0.1, -0.05) is 12.1 Å². The number of para-hydroxylation sites is 2. The first-order chi connectivity index (χ1) is 10.5. The molecule has 0 aliphatic carbocycles. The van der Waals surface area contributed by atoms with Crippen LogP contribution in [0.15, 0.2) is 45.9 Å². The van der Waals surface area contributed by atoms with Gasteiger partial charge in [0.1, 0.15) is 12.4 Å². The molecule has 1 aliphatic rings. The van der Waals surface area contributed by atoms with Gasteiger partial charge in [-0.05, 0) is 31.3 Å². The molecule has 22 heavy (non-hydrogen) atoms. The van der Waals surface area contributed by atoms with Gasteiger partial charge in [-0.25, -0.2) is 13.1 Å². The lowest BCUT2D eigenvalue weighted by Gasteiger charge is -2.28. The maximum absolute atomic E-state index is 12.6. The number of anilines is 1. The summed E-state index contributed by atoms with van der Waals surface area (Å²) in [6.45, 7) is 0.732. The Bertz CT molecular complexity index is 812. The number of carbonyl (C=O) groups excluding carboxylic acids is 1. The van der Waals surface area contributed by atoms with Crippen molar-refractivity contribution >= 4 is 21.6 Å². The Morgan fingerprint density at radius 1 is 1.23 bits per heavy atom. The summed E-state index contributed by atoms with van der Waals surface area (Å²) in [7, 11) is -2.44. The van der Waals surface area contributed by atoms with Crippen LogP contribution in [0, 0.1) is 0 Å².